The second kappa shape index (κ2) is 4.91. The lowest BCUT2D eigenvalue weighted by Crippen LogP contribution is -2.25. The molecule has 0 radical (unpaired) electrons. The van der Waals surface area contributed by atoms with E-state index in [9.17, 15) is 9.59 Å². The normalized spacial score (nSPS) is 10.3. The maximum absolute atomic E-state index is 11.5. The van der Waals surface area contributed by atoms with Crippen LogP contribution in [-0.4, -0.2) is 31.0 Å². The molecule has 2 rings (SSSR count). The number of nitrogen functional groups attached to an aromatic ring is 2. The number of nitrogens with zero attached hydrogens (tertiary/aromatic N) is 4. The molecule has 0 unspecified atom stereocenters. The van der Waals surface area contributed by atoms with Crippen molar-refractivity contribution in [3.63, 3.8) is 0 Å². The van der Waals surface area contributed by atoms with E-state index in [-0.39, 0.29) is 23.7 Å². The summed E-state index contributed by atoms with van der Waals surface area (Å²) in [5.41, 5.74) is 10.9. The number of carbonyl (C=O) groups excluding carboxylic acids is 2. The van der Waals surface area contributed by atoms with Gasteiger partial charge in [0.1, 0.15) is 0 Å². The Hall–Kier alpha value is -3.04. The summed E-state index contributed by atoms with van der Waals surface area (Å²) >= 11 is 0. The van der Waals surface area contributed by atoms with E-state index < -0.39 is 11.9 Å². The number of hydrogen-bond donors (Lipinski definition) is 2. The number of carbonyl (C=O) groups is 2. The number of imidazole rings is 2. The van der Waals surface area contributed by atoms with Crippen LogP contribution in [0.5, 0.6) is 11.8 Å². The standard InChI is InChI=1S/C10H12N6O4/c1-15-3-5(13-9(15)11)19-7(17)8(18)20-6-4-16(2)10(12)14-6/h3-4H,1-2H3,(H2,11,13)(H2,12,14). The van der Waals surface area contributed by atoms with Crippen LogP contribution >= 0.6 is 0 Å². The van der Waals surface area contributed by atoms with E-state index in [0.29, 0.717) is 0 Å². The van der Waals surface area contributed by atoms with E-state index in [1.54, 1.807) is 14.1 Å². The number of nitrogens with two attached hydrogens (primary N) is 2. The number of esters is 2. The fourth-order valence-corrected chi connectivity index (χ4v) is 1.28. The Kier molecular flexibility index (Phi) is 3.29. The summed E-state index contributed by atoms with van der Waals surface area (Å²) in [6.07, 6.45) is 2.69. The number of hydrogen-bond acceptors (Lipinski definition) is 8. The van der Waals surface area contributed by atoms with Crippen molar-refractivity contribution in [2.45, 2.75) is 0 Å². The minimum absolute atomic E-state index is 0.104. The lowest BCUT2D eigenvalue weighted by atomic mass is 10.6. The highest BCUT2D eigenvalue weighted by Gasteiger charge is 2.22. The second-order valence-electron chi connectivity index (χ2n) is 3.88. The van der Waals surface area contributed by atoms with Crippen molar-refractivity contribution in [2.24, 2.45) is 14.1 Å². The van der Waals surface area contributed by atoms with Crippen molar-refractivity contribution in [2.75, 3.05) is 11.5 Å². The molecule has 2 aromatic rings. The third-order valence-electron chi connectivity index (χ3n) is 2.34. The predicted molar refractivity (Wildman–Crippen MR) is 66.5 cm³/mol. The first kappa shape index (κ1) is 13.4. The molecule has 0 aromatic carbocycles. The average molecular weight is 280 g/mol. The summed E-state index contributed by atoms with van der Waals surface area (Å²) < 4.78 is 12.2. The summed E-state index contributed by atoms with van der Waals surface area (Å²) in [4.78, 5) is 30.4. The molecular weight excluding hydrogens is 268 g/mol. The first-order valence-electron chi connectivity index (χ1n) is 5.38. The van der Waals surface area contributed by atoms with Crippen molar-refractivity contribution in [3.05, 3.63) is 12.4 Å². The molecule has 2 heterocycles. The van der Waals surface area contributed by atoms with Gasteiger partial charge in [0.2, 0.25) is 23.7 Å². The van der Waals surface area contributed by atoms with E-state index in [2.05, 4.69) is 9.97 Å². The van der Waals surface area contributed by atoms with E-state index in [0.717, 1.165) is 0 Å². The highest BCUT2D eigenvalue weighted by Crippen LogP contribution is 2.13. The van der Waals surface area contributed by atoms with Crippen LogP contribution < -0.4 is 20.9 Å². The molecule has 0 aliphatic carbocycles. The summed E-state index contributed by atoms with van der Waals surface area (Å²) in [5, 5.41) is 0. The van der Waals surface area contributed by atoms with Crippen molar-refractivity contribution in [1.82, 2.24) is 19.1 Å². The summed E-state index contributed by atoms with van der Waals surface area (Å²) in [5.74, 6) is -2.42. The molecule has 10 heteroatoms. The molecule has 0 bridgehead atoms. The summed E-state index contributed by atoms with van der Waals surface area (Å²) in [7, 11) is 3.21. The molecule has 0 saturated heterocycles. The van der Waals surface area contributed by atoms with E-state index in [1.165, 1.54) is 21.5 Å². The summed E-state index contributed by atoms with van der Waals surface area (Å²) in [6.45, 7) is 0. The second-order valence-corrected chi connectivity index (χ2v) is 3.88. The topological polar surface area (TPSA) is 140 Å². The van der Waals surface area contributed by atoms with Crippen LogP contribution in [0.25, 0.3) is 0 Å². The number of aryl methyl sites for hydroxylation is 2. The highest BCUT2D eigenvalue weighted by molar-refractivity contribution is 6.30. The minimum atomic E-state index is -1.24. The molecule has 0 saturated carbocycles. The number of ether oxygens (including phenoxy) is 2. The molecule has 0 amide bonds. The number of anilines is 2. The minimum Gasteiger partial charge on any atom is -0.397 e. The van der Waals surface area contributed by atoms with Crippen LogP contribution in [0, 0.1) is 0 Å². The first-order chi connectivity index (χ1) is 9.36. The third-order valence-corrected chi connectivity index (χ3v) is 2.34. The SMILES string of the molecule is Cn1cc(OC(=O)C(=O)Oc2cn(C)c(N)n2)nc1N. The molecule has 0 aliphatic heterocycles. The molecule has 20 heavy (non-hydrogen) atoms. The predicted octanol–water partition coefficient (Wildman–Crippen LogP) is -1.17. The Morgan fingerprint density at radius 2 is 1.30 bits per heavy atom. The zero-order chi connectivity index (χ0) is 14.9. The third kappa shape index (κ3) is 2.68. The number of rotatable bonds is 2. The van der Waals surface area contributed by atoms with E-state index in [1.807, 2.05) is 0 Å². The maximum atomic E-state index is 11.5. The van der Waals surface area contributed by atoms with Gasteiger partial charge in [-0.25, -0.2) is 9.59 Å². The summed E-state index contributed by atoms with van der Waals surface area (Å²) in [6, 6.07) is 0. The lowest BCUT2D eigenvalue weighted by Gasteiger charge is -1.99. The Labute approximate surface area is 112 Å². The van der Waals surface area contributed by atoms with Gasteiger partial charge in [-0.1, -0.05) is 0 Å². The van der Waals surface area contributed by atoms with Crippen LogP contribution in [0.3, 0.4) is 0 Å². The van der Waals surface area contributed by atoms with Gasteiger partial charge in [-0.3, -0.25) is 0 Å². The Morgan fingerprint density at radius 3 is 1.55 bits per heavy atom. The monoisotopic (exact) mass is 280 g/mol. The molecule has 2 aromatic heterocycles. The van der Waals surface area contributed by atoms with Gasteiger partial charge < -0.3 is 30.1 Å². The number of aromatic nitrogens is 4. The molecule has 0 aliphatic rings. The van der Waals surface area contributed by atoms with Gasteiger partial charge in [-0.2, -0.15) is 9.97 Å². The van der Waals surface area contributed by atoms with Crippen molar-refractivity contribution in [1.29, 1.82) is 0 Å². The van der Waals surface area contributed by atoms with Crippen LogP contribution in [0.1, 0.15) is 0 Å². The van der Waals surface area contributed by atoms with Crippen LogP contribution in [0.4, 0.5) is 11.9 Å². The average Bonchev–Trinajstić information content (AvgIpc) is 2.83. The molecule has 4 N–H and O–H groups in total. The van der Waals surface area contributed by atoms with Gasteiger partial charge >= 0.3 is 11.9 Å². The molecule has 0 fully saturated rings. The zero-order valence-electron chi connectivity index (χ0n) is 10.7. The van der Waals surface area contributed by atoms with Gasteiger partial charge in [0.15, 0.2) is 0 Å². The van der Waals surface area contributed by atoms with E-state index in [4.69, 9.17) is 20.9 Å². The highest BCUT2D eigenvalue weighted by atomic mass is 16.6. The maximum Gasteiger partial charge on any atom is 0.424 e. The fourth-order valence-electron chi connectivity index (χ4n) is 1.28. The molecule has 0 atom stereocenters. The Morgan fingerprint density at radius 1 is 0.950 bits per heavy atom. The quantitative estimate of drug-likeness (QED) is 0.518. The van der Waals surface area contributed by atoms with Gasteiger partial charge in [0.05, 0.1) is 12.4 Å². The molecule has 10 nitrogen and oxygen atoms in total. The molecule has 0 spiro atoms. The first-order valence-corrected chi connectivity index (χ1v) is 5.38. The van der Waals surface area contributed by atoms with Gasteiger partial charge in [0.25, 0.3) is 0 Å². The molecule has 106 valence electrons. The van der Waals surface area contributed by atoms with Crippen LogP contribution in [-0.2, 0) is 23.7 Å². The van der Waals surface area contributed by atoms with E-state index >= 15 is 0 Å². The largest absolute Gasteiger partial charge is 0.424 e. The van der Waals surface area contributed by atoms with Gasteiger partial charge in [-0.05, 0) is 0 Å². The van der Waals surface area contributed by atoms with Gasteiger partial charge in [0, 0.05) is 14.1 Å². The lowest BCUT2D eigenvalue weighted by molar-refractivity contribution is -0.156. The van der Waals surface area contributed by atoms with Crippen molar-refractivity contribution >= 4 is 23.8 Å². The van der Waals surface area contributed by atoms with Crippen LogP contribution in [0.15, 0.2) is 12.4 Å². The van der Waals surface area contributed by atoms with Gasteiger partial charge in [-0.15, -0.1) is 0 Å². The fraction of sp³-hybridized carbons (Fsp3) is 0.200. The Bertz CT molecular complexity index is 576. The van der Waals surface area contributed by atoms with Crippen molar-refractivity contribution in [3.8, 4) is 11.8 Å². The zero-order valence-corrected chi connectivity index (χ0v) is 10.7. The smallest absolute Gasteiger partial charge is 0.397 e. The molecular formula is C10H12N6O4. The van der Waals surface area contributed by atoms with Crippen LogP contribution in [0.2, 0.25) is 0 Å². The van der Waals surface area contributed by atoms with Crippen molar-refractivity contribution < 1.29 is 19.1 Å². The Balaban J connectivity index is 2.00.